The van der Waals surface area contributed by atoms with E-state index in [9.17, 15) is 5.11 Å². The zero-order chi connectivity index (χ0) is 14.0. The second-order valence-corrected chi connectivity index (χ2v) is 5.44. The van der Waals surface area contributed by atoms with Crippen LogP contribution in [0.1, 0.15) is 39.5 Å². The first-order chi connectivity index (χ1) is 8.99. The molecule has 2 rings (SSSR count). The molecule has 0 aliphatic heterocycles. The van der Waals surface area contributed by atoms with E-state index in [0.717, 1.165) is 5.56 Å². The fourth-order valence-corrected chi connectivity index (χ4v) is 2.50. The largest absolute Gasteiger partial charge is 0.388 e. The van der Waals surface area contributed by atoms with Crippen LogP contribution in [0.25, 0.3) is 0 Å². The Morgan fingerprint density at radius 1 is 0.842 bits per heavy atom. The van der Waals surface area contributed by atoms with Crippen LogP contribution in [0.2, 0.25) is 0 Å². The summed E-state index contributed by atoms with van der Waals surface area (Å²) in [5, 5.41) is 10.5. The maximum Gasteiger partial charge on any atom is 0.0833 e. The van der Waals surface area contributed by atoms with Crippen LogP contribution in [0.15, 0.2) is 36.4 Å². The average Bonchev–Trinajstić information content (AvgIpc) is 2.36. The fraction of sp³-hybridized carbons (Fsp3) is 0.333. The van der Waals surface area contributed by atoms with Gasteiger partial charge in [0.25, 0.3) is 0 Å². The Balaban J connectivity index is 2.28. The van der Waals surface area contributed by atoms with Crippen molar-refractivity contribution in [1.82, 2.24) is 0 Å². The van der Waals surface area contributed by atoms with Crippen molar-refractivity contribution in [1.29, 1.82) is 0 Å². The Kier molecular flexibility index (Phi) is 4.06. The van der Waals surface area contributed by atoms with Gasteiger partial charge in [0.15, 0.2) is 0 Å². The van der Waals surface area contributed by atoms with Gasteiger partial charge in [-0.25, -0.2) is 0 Å². The number of rotatable bonds is 3. The first kappa shape index (κ1) is 13.8. The summed E-state index contributed by atoms with van der Waals surface area (Å²) in [7, 11) is 0. The van der Waals surface area contributed by atoms with Gasteiger partial charge >= 0.3 is 0 Å². The van der Waals surface area contributed by atoms with E-state index in [1.165, 1.54) is 27.8 Å². The Hall–Kier alpha value is -1.60. The van der Waals surface area contributed by atoms with Crippen molar-refractivity contribution in [3.63, 3.8) is 0 Å². The predicted octanol–water partition coefficient (Wildman–Crippen LogP) is 4.20. The van der Waals surface area contributed by atoms with Gasteiger partial charge in [-0.2, -0.15) is 0 Å². The Morgan fingerprint density at radius 3 is 2.16 bits per heavy atom. The molecule has 0 spiro atoms. The van der Waals surface area contributed by atoms with E-state index in [0.29, 0.717) is 6.42 Å². The molecule has 0 saturated carbocycles. The van der Waals surface area contributed by atoms with Crippen molar-refractivity contribution < 1.29 is 5.11 Å². The van der Waals surface area contributed by atoms with Crippen LogP contribution in [0.5, 0.6) is 0 Å². The highest BCUT2D eigenvalue weighted by atomic mass is 16.3. The van der Waals surface area contributed by atoms with Gasteiger partial charge in [-0.05, 0) is 61.1 Å². The van der Waals surface area contributed by atoms with Gasteiger partial charge in [0.1, 0.15) is 0 Å². The first-order valence-corrected chi connectivity index (χ1v) is 6.79. The predicted molar refractivity (Wildman–Crippen MR) is 80.5 cm³/mol. The lowest BCUT2D eigenvalue weighted by atomic mass is 9.93. The molecule has 1 nitrogen and oxygen atoms in total. The Morgan fingerprint density at radius 2 is 1.47 bits per heavy atom. The molecule has 0 fully saturated rings. The van der Waals surface area contributed by atoms with Crippen LogP contribution in [-0.2, 0) is 6.42 Å². The number of benzene rings is 2. The van der Waals surface area contributed by atoms with E-state index in [4.69, 9.17) is 0 Å². The molecule has 1 heteroatoms. The third-order valence-electron chi connectivity index (χ3n) is 3.92. The van der Waals surface area contributed by atoms with Gasteiger partial charge < -0.3 is 5.11 Å². The summed E-state index contributed by atoms with van der Waals surface area (Å²) in [5.74, 6) is 0. The smallest absolute Gasteiger partial charge is 0.0833 e. The summed E-state index contributed by atoms with van der Waals surface area (Å²) in [6.07, 6.45) is 0.246. The zero-order valence-electron chi connectivity index (χ0n) is 12.2. The second-order valence-electron chi connectivity index (χ2n) is 5.44. The first-order valence-electron chi connectivity index (χ1n) is 6.79. The second kappa shape index (κ2) is 5.58. The third kappa shape index (κ3) is 3.05. The summed E-state index contributed by atoms with van der Waals surface area (Å²) in [5.41, 5.74) is 7.19. The minimum absolute atomic E-state index is 0.430. The van der Waals surface area contributed by atoms with Crippen molar-refractivity contribution in [3.8, 4) is 0 Å². The lowest BCUT2D eigenvalue weighted by molar-refractivity contribution is 0.177. The molecular formula is C18H22O. The molecular weight excluding hydrogens is 232 g/mol. The van der Waals surface area contributed by atoms with Crippen molar-refractivity contribution >= 4 is 0 Å². The van der Waals surface area contributed by atoms with Gasteiger partial charge in [0.05, 0.1) is 6.10 Å². The van der Waals surface area contributed by atoms with E-state index in [-0.39, 0.29) is 0 Å². The molecule has 2 aromatic rings. The van der Waals surface area contributed by atoms with Crippen LogP contribution in [0.4, 0.5) is 0 Å². The summed E-state index contributed by atoms with van der Waals surface area (Å²) >= 11 is 0. The van der Waals surface area contributed by atoms with Crippen molar-refractivity contribution in [2.75, 3.05) is 0 Å². The van der Waals surface area contributed by atoms with E-state index in [1.807, 2.05) is 12.1 Å². The number of hydrogen-bond donors (Lipinski definition) is 1. The minimum Gasteiger partial charge on any atom is -0.388 e. The SMILES string of the molecule is Cc1cc(C)c(C(O)Cc2ccccc2C)cc1C. The normalized spacial score (nSPS) is 12.5. The number of aryl methyl sites for hydroxylation is 4. The molecule has 0 amide bonds. The van der Waals surface area contributed by atoms with Gasteiger partial charge in [-0.3, -0.25) is 0 Å². The lowest BCUT2D eigenvalue weighted by Crippen LogP contribution is -2.06. The van der Waals surface area contributed by atoms with E-state index >= 15 is 0 Å². The molecule has 0 heterocycles. The fourth-order valence-electron chi connectivity index (χ4n) is 2.50. The number of aliphatic hydroxyl groups excluding tert-OH is 1. The molecule has 0 bridgehead atoms. The highest BCUT2D eigenvalue weighted by molar-refractivity contribution is 5.38. The standard InChI is InChI=1S/C18H22O/c1-12-7-5-6-8-16(12)11-18(19)17-10-14(3)13(2)9-15(17)4/h5-10,18-19H,11H2,1-4H3. The molecule has 19 heavy (non-hydrogen) atoms. The molecule has 0 aromatic heterocycles. The van der Waals surface area contributed by atoms with Crippen LogP contribution in [0, 0.1) is 27.7 Å². The van der Waals surface area contributed by atoms with E-state index in [1.54, 1.807) is 0 Å². The molecule has 100 valence electrons. The van der Waals surface area contributed by atoms with E-state index < -0.39 is 6.10 Å². The highest BCUT2D eigenvalue weighted by Gasteiger charge is 2.13. The number of hydrogen-bond acceptors (Lipinski definition) is 1. The average molecular weight is 254 g/mol. The highest BCUT2D eigenvalue weighted by Crippen LogP contribution is 2.25. The molecule has 1 N–H and O–H groups in total. The molecule has 0 aliphatic rings. The monoisotopic (exact) mass is 254 g/mol. The maximum absolute atomic E-state index is 10.5. The molecule has 0 radical (unpaired) electrons. The van der Waals surface area contributed by atoms with Gasteiger partial charge in [0.2, 0.25) is 0 Å². The summed E-state index contributed by atoms with van der Waals surface area (Å²) < 4.78 is 0. The molecule has 0 saturated heterocycles. The quantitative estimate of drug-likeness (QED) is 0.870. The molecule has 1 unspecified atom stereocenters. The molecule has 2 aromatic carbocycles. The van der Waals surface area contributed by atoms with Crippen molar-refractivity contribution in [2.45, 2.75) is 40.2 Å². The topological polar surface area (TPSA) is 20.2 Å². The van der Waals surface area contributed by atoms with Crippen LogP contribution in [0.3, 0.4) is 0 Å². The van der Waals surface area contributed by atoms with Crippen LogP contribution < -0.4 is 0 Å². The zero-order valence-corrected chi connectivity index (χ0v) is 12.2. The van der Waals surface area contributed by atoms with Gasteiger partial charge in [-0.1, -0.05) is 36.4 Å². The summed E-state index contributed by atoms with van der Waals surface area (Å²) in [4.78, 5) is 0. The molecule has 0 aliphatic carbocycles. The summed E-state index contributed by atoms with van der Waals surface area (Å²) in [6.45, 7) is 8.37. The van der Waals surface area contributed by atoms with Crippen molar-refractivity contribution in [2.24, 2.45) is 0 Å². The minimum atomic E-state index is -0.430. The van der Waals surface area contributed by atoms with E-state index in [2.05, 4.69) is 52.0 Å². The Labute approximate surface area is 115 Å². The van der Waals surface area contributed by atoms with Crippen molar-refractivity contribution in [3.05, 3.63) is 69.8 Å². The summed E-state index contributed by atoms with van der Waals surface area (Å²) in [6, 6.07) is 12.5. The Bertz CT molecular complexity index is 584. The number of aliphatic hydroxyl groups is 1. The third-order valence-corrected chi connectivity index (χ3v) is 3.92. The van der Waals surface area contributed by atoms with Gasteiger partial charge in [-0.15, -0.1) is 0 Å². The van der Waals surface area contributed by atoms with Gasteiger partial charge in [0, 0.05) is 6.42 Å². The lowest BCUT2D eigenvalue weighted by Gasteiger charge is -2.17. The molecule has 1 atom stereocenters. The maximum atomic E-state index is 10.5. The van der Waals surface area contributed by atoms with Crippen LogP contribution >= 0.6 is 0 Å². The van der Waals surface area contributed by atoms with Crippen LogP contribution in [-0.4, -0.2) is 5.11 Å².